The maximum atomic E-state index is 13.9. The van der Waals surface area contributed by atoms with Crippen molar-refractivity contribution in [3.8, 4) is 5.75 Å². The van der Waals surface area contributed by atoms with Gasteiger partial charge in [0.2, 0.25) is 11.8 Å². The van der Waals surface area contributed by atoms with Gasteiger partial charge in [-0.05, 0) is 53.4 Å². The fourth-order valence-electron chi connectivity index (χ4n) is 6.25. The average Bonchev–Trinajstić information content (AvgIpc) is 3.10. The lowest BCUT2D eigenvalue weighted by Crippen LogP contribution is -2.57. The highest BCUT2D eigenvalue weighted by atomic mass is 16.5. The van der Waals surface area contributed by atoms with Crippen molar-refractivity contribution < 1.29 is 24.2 Å². The third-order valence-corrected chi connectivity index (χ3v) is 7.36. The molecule has 7 rings (SSSR count). The SMILES string of the molecule is CCOc1ccc(N2C(=O)[C@@H]3C4c5ccccc5C(C(=O)O)(c5ccccc54)[C@H]3C2=O)cc1. The van der Waals surface area contributed by atoms with Crippen LogP contribution in [0.2, 0.25) is 0 Å². The summed E-state index contributed by atoms with van der Waals surface area (Å²) in [7, 11) is 0. The van der Waals surface area contributed by atoms with E-state index in [2.05, 4.69) is 0 Å². The number of aliphatic carboxylic acids is 1. The van der Waals surface area contributed by atoms with Crippen molar-refractivity contribution in [3.05, 3.63) is 95.1 Å². The molecule has 6 nitrogen and oxygen atoms in total. The second-order valence-corrected chi connectivity index (χ2v) is 8.71. The van der Waals surface area contributed by atoms with Crippen molar-refractivity contribution in [3.63, 3.8) is 0 Å². The third kappa shape index (κ3) is 2.30. The highest BCUT2D eigenvalue weighted by molar-refractivity contribution is 6.25. The molecule has 1 aliphatic heterocycles. The molecule has 1 N–H and O–H groups in total. The van der Waals surface area contributed by atoms with Crippen LogP contribution in [0.25, 0.3) is 0 Å². The molecule has 1 saturated heterocycles. The van der Waals surface area contributed by atoms with E-state index in [1.165, 1.54) is 4.90 Å². The van der Waals surface area contributed by atoms with Crippen LogP contribution < -0.4 is 9.64 Å². The second kappa shape index (κ2) is 6.78. The zero-order valence-corrected chi connectivity index (χ0v) is 17.9. The highest BCUT2D eigenvalue weighted by Crippen LogP contribution is 2.64. The van der Waals surface area contributed by atoms with Crippen LogP contribution >= 0.6 is 0 Å². The number of nitrogens with zero attached hydrogens (tertiary/aromatic N) is 1. The number of benzene rings is 3. The topological polar surface area (TPSA) is 83.9 Å². The van der Waals surface area contributed by atoms with E-state index in [4.69, 9.17) is 4.74 Å². The summed E-state index contributed by atoms with van der Waals surface area (Å²) in [5.41, 5.74) is 1.66. The number of imide groups is 1. The predicted octanol–water partition coefficient (Wildman–Crippen LogP) is 3.72. The van der Waals surface area contributed by atoms with E-state index in [1.54, 1.807) is 48.5 Å². The number of carbonyl (C=O) groups is 3. The Morgan fingerprint density at radius 3 is 2.03 bits per heavy atom. The summed E-state index contributed by atoms with van der Waals surface area (Å²) >= 11 is 0. The predicted molar refractivity (Wildman–Crippen MR) is 120 cm³/mol. The van der Waals surface area contributed by atoms with E-state index in [9.17, 15) is 19.5 Å². The lowest BCUT2D eigenvalue weighted by molar-refractivity contribution is -0.149. The van der Waals surface area contributed by atoms with Crippen LogP contribution in [0.4, 0.5) is 5.69 Å². The van der Waals surface area contributed by atoms with Gasteiger partial charge in [0.25, 0.3) is 0 Å². The van der Waals surface area contributed by atoms with Gasteiger partial charge < -0.3 is 9.84 Å². The van der Waals surface area contributed by atoms with Gasteiger partial charge in [-0.25, -0.2) is 4.90 Å². The number of ether oxygens (including phenoxy) is 1. The second-order valence-electron chi connectivity index (χ2n) is 8.71. The quantitative estimate of drug-likeness (QED) is 0.627. The van der Waals surface area contributed by atoms with Crippen LogP contribution in [0.3, 0.4) is 0 Å². The number of hydrogen-bond acceptors (Lipinski definition) is 4. The van der Waals surface area contributed by atoms with Crippen LogP contribution in [-0.2, 0) is 19.8 Å². The van der Waals surface area contributed by atoms with Crippen LogP contribution in [-0.4, -0.2) is 29.5 Å². The fourth-order valence-corrected chi connectivity index (χ4v) is 6.25. The van der Waals surface area contributed by atoms with Crippen molar-refractivity contribution in [1.29, 1.82) is 0 Å². The van der Waals surface area contributed by atoms with E-state index in [1.807, 2.05) is 31.2 Å². The maximum Gasteiger partial charge on any atom is 0.319 e. The molecule has 6 heteroatoms. The molecular formula is C27H21NO5. The Hall–Kier alpha value is -3.93. The number of rotatable bonds is 4. The molecule has 0 spiro atoms. The molecule has 1 heterocycles. The molecule has 2 atom stereocenters. The van der Waals surface area contributed by atoms with Gasteiger partial charge in [-0.2, -0.15) is 0 Å². The van der Waals surface area contributed by atoms with Gasteiger partial charge in [0.15, 0.2) is 0 Å². The molecule has 164 valence electrons. The standard InChI is InChI=1S/C27H21NO5/c1-2-33-16-13-11-15(12-14-16)28-24(29)22-21-17-7-3-5-9-19(17)27(26(31)32,23(22)25(28)30)20-10-6-4-8-18(20)21/h3-14,21-23H,2H2,1H3,(H,31,32)/t21?,22-,23-,27?/m1/s1. The first kappa shape index (κ1) is 19.7. The minimum atomic E-state index is -1.61. The summed E-state index contributed by atoms with van der Waals surface area (Å²) in [5, 5.41) is 10.7. The van der Waals surface area contributed by atoms with Gasteiger partial charge in [0, 0.05) is 5.92 Å². The molecule has 4 aliphatic rings. The van der Waals surface area contributed by atoms with Crippen LogP contribution in [0.15, 0.2) is 72.8 Å². The minimum absolute atomic E-state index is 0.353. The number of hydrogen-bond donors (Lipinski definition) is 1. The van der Waals surface area contributed by atoms with Gasteiger partial charge in [-0.15, -0.1) is 0 Å². The van der Waals surface area contributed by atoms with Crippen molar-refractivity contribution in [2.24, 2.45) is 11.8 Å². The normalized spacial score (nSPS) is 26.6. The third-order valence-electron chi connectivity index (χ3n) is 7.36. The molecule has 3 aromatic carbocycles. The summed E-state index contributed by atoms with van der Waals surface area (Å²) in [4.78, 5) is 42.0. The van der Waals surface area contributed by atoms with E-state index in [0.717, 1.165) is 11.1 Å². The summed E-state index contributed by atoms with van der Waals surface area (Å²) in [5.74, 6) is -3.44. The Labute approximate surface area is 190 Å². The lowest BCUT2D eigenvalue weighted by atomic mass is 9.47. The van der Waals surface area contributed by atoms with Gasteiger partial charge in [-0.3, -0.25) is 14.4 Å². The molecule has 0 radical (unpaired) electrons. The summed E-state index contributed by atoms with van der Waals surface area (Å²) in [6.45, 7) is 2.38. The Morgan fingerprint density at radius 2 is 1.48 bits per heavy atom. The first-order valence-electron chi connectivity index (χ1n) is 11.0. The smallest absolute Gasteiger partial charge is 0.319 e. The Bertz CT molecular complexity index is 1280. The van der Waals surface area contributed by atoms with Gasteiger partial charge in [-0.1, -0.05) is 48.5 Å². The van der Waals surface area contributed by atoms with E-state index < -0.39 is 29.1 Å². The highest BCUT2D eigenvalue weighted by Gasteiger charge is 2.71. The number of carbonyl (C=O) groups excluding carboxylic acids is 2. The molecule has 0 saturated carbocycles. The Kier molecular flexibility index (Phi) is 4.06. The van der Waals surface area contributed by atoms with E-state index in [0.29, 0.717) is 29.2 Å². The van der Waals surface area contributed by atoms with E-state index in [-0.39, 0.29) is 11.8 Å². The van der Waals surface area contributed by atoms with Crippen LogP contribution in [0.5, 0.6) is 5.75 Å². The van der Waals surface area contributed by atoms with Gasteiger partial charge >= 0.3 is 5.97 Å². The number of carboxylic acid groups (broad SMARTS) is 1. The molecule has 33 heavy (non-hydrogen) atoms. The molecule has 2 amide bonds. The largest absolute Gasteiger partial charge is 0.494 e. The van der Waals surface area contributed by atoms with Crippen LogP contribution in [0, 0.1) is 11.8 Å². The van der Waals surface area contributed by atoms with E-state index >= 15 is 0 Å². The number of anilines is 1. The number of carboxylic acids is 1. The summed E-state index contributed by atoms with van der Waals surface area (Å²) in [6.07, 6.45) is 0. The maximum absolute atomic E-state index is 13.9. The monoisotopic (exact) mass is 439 g/mol. The first-order valence-corrected chi connectivity index (χ1v) is 11.0. The van der Waals surface area contributed by atoms with Crippen molar-refractivity contribution in [2.45, 2.75) is 18.3 Å². The zero-order chi connectivity index (χ0) is 22.9. The lowest BCUT2D eigenvalue weighted by Gasteiger charge is -2.51. The first-order chi connectivity index (χ1) is 16.0. The molecule has 1 fully saturated rings. The number of amides is 2. The van der Waals surface area contributed by atoms with Crippen molar-refractivity contribution in [1.82, 2.24) is 0 Å². The van der Waals surface area contributed by atoms with Crippen molar-refractivity contribution in [2.75, 3.05) is 11.5 Å². The molecule has 3 aromatic rings. The summed E-state index contributed by atoms with van der Waals surface area (Å²) < 4.78 is 5.48. The molecular weight excluding hydrogens is 418 g/mol. The molecule has 2 bridgehead atoms. The Balaban J connectivity index is 1.58. The summed E-state index contributed by atoms with van der Waals surface area (Å²) in [6, 6.07) is 21.5. The van der Waals surface area contributed by atoms with Crippen molar-refractivity contribution >= 4 is 23.5 Å². The molecule has 0 aromatic heterocycles. The van der Waals surface area contributed by atoms with Gasteiger partial charge in [0.05, 0.1) is 24.1 Å². The molecule has 0 unspecified atom stereocenters. The Morgan fingerprint density at radius 1 is 0.909 bits per heavy atom. The average molecular weight is 439 g/mol. The minimum Gasteiger partial charge on any atom is -0.494 e. The molecule has 3 aliphatic carbocycles. The zero-order valence-electron chi connectivity index (χ0n) is 17.9. The van der Waals surface area contributed by atoms with Crippen LogP contribution in [0.1, 0.15) is 35.1 Å². The van der Waals surface area contributed by atoms with Gasteiger partial charge in [0.1, 0.15) is 11.2 Å². The fraction of sp³-hybridized carbons (Fsp3) is 0.222.